The van der Waals surface area contributed by atoms with Gasteiger partial charge in [0, 0.05) is 6.54 Å². The molecule has 2 aromatic carbocycles. The van der Waals surface area contributed by atoms with Gasteiger partial charge in [0.2, 0.25) is 0 Å². The maximum Gasteiger partial charge on any atom is 0.407 e. The Labute approximate surface area is 161 Å². The summed E-state index contributed by atoms with van der Waals surface area (Å²) in [7, 11) is 0. The molecule has 0 atom stereocenters. The summed E-state index contributed by atoms with van der Waals surface area (Å²) in [4.78, 5) is 11.6. The number of hydrogen-bond acceptors (Lipinski definition) is 4. The fourth-order valence-electron chi connectivity index (χ4n) is 2.30. The number of nitrogens with one attached hydrogen (secondary N) is 1. The lowest BCUT2D eigenvalue weighted by molar-refractivity contribution is 0.141. The number of nitrogens with two attached hydrogens (primary N) is 1. The van der Waals surface area contributed by atoms with Gasteiger partial charge in [-0.1, -0.05) is 42.5 Å². The number of unbranched alkanes of at least 4 members (excludes halogenated alkanes) is 1. The molecule has 0 aliphatic heterocycles. The van der Waals surface area contributed by atoms with Crippen LogP contribution in [0.5, 0.6) is 5.75 Å². The summed E-state index contributed by atoms with van der Waals surface area (Å²) < 4.78 is 10.8. The van der Waals surface area contributed by atoms with Gasteiger partial charge in [-0.3, -0.25) is 0 Å². The zero-order valence-electron chi connectivity index (χ0n) is 14.9. The van der Waals surface area contributed by atoms with Gasteiger partial charge in [-0.2, -0.15) is 0 Å². The number of carbonyl (C=O) groups excluding carboxylic acids is 1. The van der Waals surface area contributed by atoms with Gasteiger partial charge >= 0.3 is 6.09 Å². The largest absolute Gasteiger partial charge is 0.494 e. The van der Waals surface area contributed by atoms with Crippen LogP contribution < -0.4 is 15.8 Å². The molecule has 2 aromatic rings. The highest BCUT2D eigenvalue weighted by atomic mass is 35.5. The first-order valence-corrected chi connectivity index (χ1v) is 8.64. The van der Waals surface area contributed by atoms with Crippen molar-refractivity contribution in [1.29, 1.82) is 0 Å². The topological polar surface area (TPSA) is 73.6 Å². The molecular formula is C20H27ClN2O3. The standard InChI is InChI=1S/C20H26N2O3.ClH/c21-13-12-17-8-10-19(11-9-17)24-14-4-5-15-25-20(23)22-16-18-6-2-1-3-7-18;/h1-3,6-11H,4-5,12-16,21H2,(H,22,23);1H. The van der Waals surface area contributed by atoms with Crippen molar-refractivity contribution in [2.45, 2.75) is 25.8 Å². The van der Waals surface area contributed by atoms with Crippen molar-refractivity contribution in [2.24, 2.45) is 5.73 Å². The van der Waals surface area contributed by atoms with Gasteiger partial charge in [-0.25, -0.2) is 4.79 Å². The number of hydrogen-bond donors (Lipinski definition) is 2. The van der Waals surface area contributed by atoms with Crippen LogP contribution in [0, 0.1) is 0 Å². The Balaban J connectivity index is 0.00000338. The summed E-state index contributed by atoms with van der Waals surface area (Å²) in [6.45, 7) is 2.12. The summed E-state index contributed by atoms with van der Waals surface area (Å²) >= 11 is 0. The van der Waals surface area contributed by atoms with Crippen molar-refractivity contribution in [3.05, 3.63) is 65.7 Å². The van der Waals surface area contributed by atoms with Gasteiger partial charge in [0.25, 0.3) is 0 Å². The van der Waals surface area contributed by atoms with Crippen LogP contribution in [0.3, 0.4) is 0 Å². The van der Waals surface area contributed by atoms with Crippen molar-refractivity contribution in [2.75, 3.05) is 19.8 Å². The first kappa shape index (κ1) is 21.8. The molecule has 0 unspecified atom stereocenters. The number of rotatable bonds is 10. The highest BCUT2D eigenvalue weighted by molar-refractivity contribution is 5.85. The fraction of sp³-hybridized carbons (Fsp3) is 0.350. The molecule has 0 fully saturated rings. The SMILES string of the molecule is Cl.NCCc1ccc(OCCCCOC(=O)NCc2ccccc2)cc1. The fourth-order valence-corrected chi connectivity index (χ4v) is 2.30. The first-order valence-electron chi connectivity index (χ1n) is 8.64. The number of benzene rings is 2. The molecular weight excluding hydrogens is 352 g/mol. The summed E-state index contributed by atoms with van der Waals surface area (Å²) in [5.41, 5.74) is 7.78. The van der Waals surface area contributed by atoms with Crippen LogP contribution in [-0.4, -0.2) is 25.9 Å². The zero-order chi connectivity index (χ0) is 17.7. The molecule has 0 aliphatic rings. The smallest absolute Gasteiger partial charge is 0.407 e. The first-order chi connectivity index (χ1) is 12.3. The molecule has 0 radical (unpaired) electrons. The minimum absolute atomic E-state index is 0. The summed E-state index contributed by atoms with van der Waals surface area (Å²) in [5.74, 6) is 0.849. The Bertz CT molecular complexity index is 621. The van der Waals surface area contributed by atoms with Gasteiger partial charge in [0.05, 0.1) is 13.2 Å². The van der Waals surface area contributed by atoms with Crippen LogP contribution in [0.25, 0.3) is 0 Å². The maximum atomic E-state index is 11.6. The predicted octanol–water partition coefficient (Wildman–Crippen LogP) is 3.70. The van der Waals surface area contributed by atoms with E-state index in [0.717, 1.165) is 30.6 Å². The molecule has 1 amide bonds. The van der Waals surface area contributed by atoms with E-state index in [9.17, 15) is 4.79 Å². The molecule has 2 rings (SSSR count). The molecule has 142 valence electrons. The van der Waals surface area contributed by atoms with Crippen molar-refractivity contribution in [3.8, 4) is 5.75 Å². The van der Waals surface area contributed by atoms with E-state index in [1.54, 1.807) is 0 Å². The average molecular weight is 379 g/mol. The van der Waals surface area contributed by atoms with E-state index in [-0.39, 0.29) is 18.5 Å². The highest BCUT2D eigenvalue weighted by Gasteiger charge is 2.02. The molecule has 0 heterocycles. The van der Waals surface area contributed by atoms with Gasteiger partial charge in [-0.05, 0) is 49.1 Å². The summed E-state index contributed by atoms with van der Waals surface area (Å²) in [5, 5.41) is 2.73. The highest BCUT2D eigenvalue weighted by Crippen LogP contribution is 2.12. The van der Waals surface area contributed by atoms with E-state index < -0.39 is 0 Å². The predicted molar refractivity (Wildman–Crippen MR) is 106 cm³/mol. The Morgan fingerprint density at radius 1 is 0.923 bits per heavy atom. The Hall–Kier alpha value is -2.24. The van der Waals surface area contributed by atoms with E-state index in [2.05, 4.69) is 5.32 Å². The number of ether oxygens (including phenoxy) is 2. The third kappa shape index (κ3) is 8.74. The molecule has 0 spiro atoms. The number of carbonyl (C=O) groups is 1. The molecule has 6 heteroatoms. The molecule has 5 nitrogen and oxygen atoms in total. The van der Waals surface area contributed by atoms with E-state index >= 15 is 0 Å². The van der Waals surface area contributed by atoms with E-state index in [1.807, 2.05) is 54.6 Å². The van der Waals surface area contributed by atoms with Gasteiger partial charge in [0.1, 0.15) is 5.75 Å². The molecule has 0 bridgehead atoms. The molecule has 0 aromatic heterocycles. The summed E-state index contributed by atoms with van der Waals surface area (Å²) in [6.07, 6.45) is 2.09. The lowest BCUT2D eigenvalue weighted by Gasteiger charge is -2.08. The van der Waals surface area contributed by atoms with E-state index in [1.165, 1.54) is 5.56 Å². The quantitative estimate of drug-likeness (QED) is 0.618. The lowest BCUT2D eigenvalue weighted by Crippen LogP contribution is -2.24. The normalized spacial score (nSPS) is 9.88. The molecule has 3 N–H and O–H groups in total. The Morgan fingerprint density at radius 3 is 2.31 bits per heavy atom. The van der Waals surface area contributed by atoms with Gasteiger partial charge < -0.3 is 20.5 Å². The van der Waals surface area contributed by atoms with E-state index in [0.29, 0.717) is 26.3 Å². The van der Waals surface area contributed by atoms with Crippen molar-refractivity contribution >= 4 is 18.5 Å². The molecule has 0 saturated carbocycles. The van der Waals surface area contributed by atoms with Crippen LogP contribution in [0.1, 0.15) is 24.0 Å². The van der Waals surface area contributed by atoms with Gasteiger partial charge in [0.15, 0.2) is 0 Å². The Kier molecular flexibility index (Phi) is 10.9. The van der Waals surface area contributed by atoms with Crippen LogP contribution in [0.15, 0.2) is 54.6 Å². The number of alkyl carbamates (subject to hydrolysis) is 1. The minimum atomic E-state index is -0.389. The third-order valence-corrected chi connectivity index (χ3v) is 3.68. The second-order valence-corrected chi connectivity index (χ2v) is 5.71. The van der Waals surface area contributed by atoms with Crippen LogP contribution in [-0.2, 0) is 17.7 Å². The van der Waals surface area contributed by atoms with Crippen LogP contribution in [0.2, 0.25) is 0 Å². The molecule has 0 saturated heterocycles. The monoisotopic (exact) mass is 378 g/mol. The average Bonchev–Trinajstić information content (AvgIpc) is 2.65. The maximum absolute atomic E-state index is 11.6. The van der Waals surface area contributed by atoms with E-state index in [4.69, 9.17) is 15.2 Å². The molecule has 0 aliphatic carbocycles. The number of amides is 1. The number of halogens is 1. The Morgan fingerprint density at radius 2 is 1.62 bits per heavy atom. The zero-order valence-corrected chi connectivity index (χ0v) is 15.7. The van der Waals surface area contributed by atoms with Crippen LogP contribution in [0.4, 0.5) is 4.79 Å². The van der Waals surface area contributed by atoms with Crippen molar-refractivity contribution in [3.63, 3.8) is 0 Å². The van der Waals surface area contributed by atoms with Crippen LogP contribution >= 0.6 is 12.4 Å². The van der Waals surface area contributed by atoms with Crippen molar-refractivity contribution in [1.82, 2.24) is 5.32 Å². The summed E-state index contributed by atoms with van der Waals surface area (Å²) in [6, 6.07) is 17.7. The minimum Gasteiger partial charge on any atom is -0.494 e. The van der Waals surface area contributed by atoms with Gasteiger partial charge in [-0.15, -0.1) is 12.4 Å². The lowest BCUT2D eigenvalue weighted by atomic mass is 10.1. The molecule has 26 heavy (non-hydrogen) atoms. The third-order valence-electron chi connectivity index (χ3n) is 3.68. The van der Waals surface area contributed by atoms with Crippen molar-refractivity contribution < 1.29 is 14.3 Å². The second-order valence-electron chi connectivity index (χ2n) is 5.71. The second kappa shape index (κ2) is 13.0.